The molecule has 1 N–H and O–H groups in total. The molecule has 0 atom stereocenters. The third-order valence-electron chi connectivity index (χ3n) is 2.97. The molecule has 1 aromatic heterocycles. The Morgan fingerprint density at radius 3 is 2.61 bits per heavy atom. The van der Waals surface area contributed by atoms with Crippen LogP contribution in [0.25, 0.3) is 0 Å². The molecule has 0 aliphatic heterocycles. The van der Waals surface area contributed by atoms with Crippen molar-refractivity contribution in [2.24, 2.45) is 0 Å². The second-order valence-corrected chi connectivity index (χ2v) is 4.37. The van der Waals surface area contributed by atoms with Crippen molar-refractivity contribution in [1.82, 2.24) is 9.88 Å². The van der Waals surface area contributed by atoms with Gasteiger partial charge in [0.1, 0.15) is 0 Å². The van der Waals surface area contributed by atoms with Crippen molar-refractivity contribution in [2.75, 3.05) is 6.54 Å². The van der Waals surface area contributed by atoms with Gasteiger partial charge in [-0.1, -0.05) is 24.3 Å². The Hall–Kier alpha value is -2.03. The molecular formula is C15H18N2O. The van der Waals surface area contributed by atoms with Crippen molar-refractivity contribution in [1.29, 1.82) is 0 Å². The van der Waals surface area contributed by atoms with Gasteiger partial charge in [0.25, 0.3) is 0 Å². The van der Waals surface area contributed by atoms with Crippen LogP contribution >= 0.6 is 0 Å². The molecule has 0 bridgehead atoms. The average molecular weight is 242 g/mol. The Bertz CT molecular complexity index is 503. The molecule has 18 heavy (non-hydrogen) atoms. The van der Waals surface area contributed by atoms with E-state index in [9.17, 15) is 4.79 Å². The van der Waals surface area contributed by atoms with Crippen LogP contribution in [-0.4, -0.2) is 17.0 Å². The van der Waals surface area contributed by atoms with E-state index in [1.165, 1.54) is 0 Å². The van der Waals surface area contributed by atoms with Crippen LogP contribution in [0.2, 0.25) is 0 Å². The lowest BCUT2D eigenvalue weighted by Gasteiger charge is -2.07. The topological polar surface area (TPSA) is 34.0 Å². The van der Waals surface area contributed by atoms with Gasteiger partial charge in [0.2, 0.25) is 5.91 Å². The minimum Gasteiger partial charge on any atom is -0.354 e. The highest BCUT2D eigenvalue weighted by Gasteiger charge is 2.04. The molecule has 3 nitrogen and oxygen atoms in total. The predicted molar refractivity (Wildman–Crippen MR) is 72.3 cm³/mol. The Morgan fingerprint density at radius 2 is 1.89 bits per heavy atom. The molecule has 0 aliphatic carbocycles. The van der Waals surface area contributed by atoms with Gasteiger partial charge in [-0.15, -0.1) is 0 Å². The van der Waals surface area contributed by atoms with Crippen molar-refractivity contribution >= 4 is 5.91 Å². The summed E-state index contributed by atoms with van der Waals surface area (Å²) in [6, 6.07) is 12.0. The van der Waals surface area contributed by atoms with Gasteiger partial charge in [-0.05, 0) is 30.2 Å². The van der Waals surface area contributed by atoms with E-state index >= 15 is 0 Å². The molecule has 2 rings (SSSR count). The molecule has 94 valence electrons. The van der Waals surface area contributed by atoms with Crippen molar-refractivity contribution in [3.8, 4) is 0 Å². The van der Waals surface area contributed by atoms with Gasteiger partial charge in [-0.25, -0.2) is 0 Å². The molecule has 0 aliphatic rings. The van der Waals surface area contributed by atoms with Crippen molar-refractivity contribution in [2.45, 2.75) is 19.9 Å². The second kappa shape index (κ2) is 6.05. The number of nitrogens with zero attached hydrogens (tertiary/aromatic N) is 1. The van der Waals surface area contributed by atoms with Crippen LogP contribution in [0.4, 0.5) is 0 Å². The number of amides is 1. The van der Waals surface area contributed by atoms with Crippen molar-refractivity contribution in [3.05, 3.63) is 59.9 Å². The first-order chi connectivity index (χ1) is 8.75. The highest BCUT2D eigenvalue weighted by molar-refractivity contribution is 5.78. The number of hydrogen-bond donors (Lipinski definition) is 1. The number of nitrogens with one attached hydrogen (secondary N) is 1. The first-order valence-corrected chi connectivity index (χ1v) is 6.17. The smallest absolute Gasteiger partial charge is 0.224 e. The van der Waals surface area contributed by atoms with Gasteiger partial charge in [0, 0.05) is 25.5 Å². The Kier molecular flexibility index (Phi) is 4.18. The monoisotopic (exact) mass is 242 g/mol. The van der Waals surface area contributed by atoms with Gasteiger partial charge < -0.3 is 9.88 Å². The minimum atomic E-state index is 0.0801. The molecule has 2 aromatic rings. The first kappa shape index (κ1) is 12.4. The zero-order chi connectivity index (χ0) is 12.8. The van der Waals surface area contributed by atoms with E-state index in [1.54, 1.807) is 0 Å². The maximum atomic E-state index is 11.8. The quantitative estimate of drug-likeness (QED) is 0.856. The summed E-state index contributed by atoms with van der Waals surface area (Å²) in [7, 11) is 0. The zero-order valence-electron chi connectivity index (χ0n) is 10.6. The van der Waals surface area contributed by atoms with E-state index in [-0.39, 0.29) is 5.91 Å². The fourth-order valence-electron chi connectivity index (χ4n) is 1.89. The molecular weight excluding hydrogens is 224 g/mol. The normalized spacial score (nSPS) is 10.3. The molecule has 1 heterocycles. The highest BCUT2D eigenvalue weighted by Crippen LogP contribution is 2.07. The van der Waals surface area contributed by atoms with Crippen LogP contribution in [0.3, 0.4) is 0 Å². The summed E-state index contributed by atoms with van der Waals surface area (Å²) in [5, 5.41) is 2.94. The van der Waals surface area contributed by atoms with E-state index in [0.717, 1.165) is 17.7 Å². The van der Waals surface area contributed by atoms with Crippen LogP contribution in [0.5, 0.6) is 0 Å². The predicted octanol–water partition coefficient (Wildman–Crippen LogP) is 2.16. The lowest BCUT2D eigenvalue weighted by atomic mass is 10.1. The molecule has 0 radical (unpaired) electrons. The number of aromatic nitrogens is 1. The summed E-state index contributed by atoms with van der Waals surface area (Å²) in [6.07, 6.45) is 4.44. The van der Waals surface area contributed by atoms with Gasteiger partial charge in [0.05, 0.1) is 6.42 Å². The SMILES string of the molecule is Cc1ccccc1CC(=O)NCCn1cccc1. The summed E-state index contributed by atoms with van der Waals surface area (Å²) in [6.45, 7) is 3.51. The third-order valence-corrected chi connectivity index (χ3v) is 2.97. The molecule has 0 saturated carbocycles. The van der Waals surface area contributed by atoms with Gasteiger partial charge in [-0.3, -0.25) is 4.79 Å². The summed E-state index contributed by atoms with van der Waals surface area (Å²) in [4.78, 5) is 11.8. The molecule has 3 heteroatoms. The molecule has 0 unspecified atom stereocenters. The lowest BCUT2D eigenvalue weighted by Crippen LogP contribution is -2.28. The van der Waals surface area contributed by atoms with Gasteiger partial charge >= 0.3 is 0 Å². The minimum absolute atomic E-state index is 0.0801. The van der Waals surface area contributed by atoms with Crippen LogP contribution in [0.15, 0.2) is 48.8 Å². The summed E-state index contributed by atoms with van der Waals surface area (Å²) in [5.41, 5.74) is 2.26. The number of carbonyl (C=O) groups excluding carboxylic acids is 1. The lowest BCUT2D eigenvalue weighted by molar-refractivity contribution is -0.120. The molecule has 0 saturated heterocycles. The van der Waals surface area contributed by atoms with Gasteiger partial charge in [0.15, 0.2) is 0 Å². The summed E-state index contributed by atoms with van der Waals surface area (Å²) < 4.78 is 2.05. The van der Waals surface area contributed by atoms with Crippen LogP contribution in [0.1, 0.15) is 11.1 Å². The molecule has 0 fully saturated rings. The number of hydrogen-bond acceptors (Lipinski definition) is 1. The number of rotatable bonds is 5. The largest absolute Gasteiger partial charge is 0.354 e. The van der Waals surface area contributed by atoms with Gasteiger partial charge in [-0.2, -0.15) is 0 Å². The van der Waals surface area contributed by atoms with E-state index in [4.69, 9.17) is 0 Å². The third kappa shape index (κ3) is 3.48. The average Bonchev–Trinajstić information content (AvgIpc) is 2.85. The summed E-state index contributed by atoms with van der Waals surface area (Å²) in [5.74, 6) is 0.0801. The van der Waals surface area contributed by atoms with E-state index < -0.39 is 0 Å². The number of aryl methyl sites for hydroxylation is 1. The zero-order valence-corrected chi connectivity index (χ0v) is 10.6. The fraction of sp³-hybridized carbons (Fsp3) is 0.267. The standard InChI is InChI=1S/C15H18N2O/c1-13-6-2-3-7-14(13)12-15(18)16-8-11-17-9-4-5-10-17/h2-7,9-10H,8,11-12H2,1H3,(H,16,18). The van der Waals surface area contributed by atoms with Crippen LogP contribution in [-0.2, 0) is 17.8 Å². The Balaban J connectivity index is 1.77. The molecule has 0 spiro atoms. The van der Waals surface area contributed by atoms with E-state index in [2.05, 4.69) is 5.32 Å². The van der Waals surface area contributed by atoms with E-state index in [1.807, 2.05) is 60.3 Å². The van der Waals surface area contributed by atoms with Crippen LogP contribution in [0, 0.1) is 6.92 Å². The summed E-state index contributed by atoms with van der Waals surface area (Å²) >= 11 is 0. The molecule has 1 amide bonds. The first-order valence-electron chi connectivity index (χ1n) is 6.17. The van der Waals surface area contributed by atoms with Crippen LogP contribution < -0.4 is 5.32 Å². The van der Waals surface area contributed by atoms with Crippen molar-refractivity contribution in [3.63, 3.8) is 0 Å². The Labute approximate surface area is 107 Å². The maximum absolute atomic E-state index is 11.8. The van der Waals surface area contributed by atoms with E-state index in [0.29, 0.717) is 13.0 Å². The number of carbonyl (C=O) groups is 1. The van der Waals surface area contributed by atoms with Crippen molar-refractivity contribution < 1.29 is 4.79 Å². The molecule has 1 aromatic carbocycles. The Morgan fingerprint density at radius 1 is 1.17 bits per heavy atom. The second-order valence-electron chi connectivity index (χ2n) is 4.37. The fourth-order valence-corrected chi connectivity index (χ4v) is 1.89. The highest BCUT2D eigenvalue weighted by atomic mass is 16.1. The maximum Gasteiger partial charge on any atom is 0.224 e. The number of benzene rings is 1.